The summed E-state index contributed by atoms with van der Waals surface area (Å²) in [4.78, 5) is 17.8. The normalized spacial score (nSPS) is 10.7. The van der Waals surface area contributed by atoms with Crippen molar-refractivity contribution in [2.24, 2.45) is 0 Å². The summed E-state index contributed by atoms with van der Waals surface area (Å²) in [5.41, 5.74) is 7.07. The van der Waals surface area contributed by atoms with Gasteiger partial charge in [-0.2, -0.15) is 15.0 Å². The number of nitrogens with one attached hydrogen (secondary N) is 1. The average molecular weight is 301 g/mol. The summed E-state index contributed by atoms with van der Waals surface area (Å²) in [5.74, 6) is 1.09. The van der Waals surface area contributed by atoms with Gasteiger partial charge in [0.05, 0.1) is 6.54 Å². The third-order valence-corrected chi connectivity index (χ3v) is 3.97. The Bertz CT molecular complexity index is 720. The number of nitrogens with two attached hydrogens (primary N) is 1. The summed E-state index contributed by atoms with van der Waals surface area (Å²) in [6.07, 6.45) is 6.05. The van der Waals surface area contributed by atoms with Crippen LogP contribution in [0.15, 0.2) is 30.2 Å². The molecule has 0 aromatic carbocycles. The van der Waals surface area contributed by atoms with E-state index in [0.717, 1.165) is 6.42 Å². The molecule has 3 N–H and O–H groups in total. The van der Waals surface area contributed by atoms with E-state index in [1.165, 1.54) is 10.4 Å². The smallest absolute Gasteiger partial charge is 0.241 e. The molecule has 0 saturated carbocycles. The zero-order chi connectivity index (χ0) is 14.7. The highest BCUT2D eigenvalue weighted by Crippen LogP contribution is 2.18. The molecule has 0 aliphatic heterocycles. The Labute approximate surface area is 125 Å². The first kappa shape index (κ1) is 13.5. The molecule has 0 unspecified atom stereocenters. The molecular weight excluding hydrogens is 286 g/mol. The van der Waals surface area contributed by atoms with Crippen LogP contribution in [0.5, 0.6) is 0 Å². The van der Waals surface area contributed by atoms with Crippen molar-refractivity contribution in [3.63, 3.8) is 0 Å². The van der Waals surface area contributed by atoms with E-state index in [1.807, 2.05) is 0 Å². The second kappa shape index (κ2) is 5.88. The number of imidazole rings is 1. The van der Waals surface area contributed by atoms with E-state index < -0.39 is 0 Å². The Kier molecular flexibility index (Phi) is 3.78. The van der Waals surface area contributed by atoms with Gasteiger partial charge in [-0.15, -0.1) is 11.3 Å². The van der Waals surface area contributed by atoms with Gasteiger partial charge >= 0.3 is 0 Å². The van der Waals surface area contributed by atoms with Crippen LogP contribution in [0.4, 0.5) is 11.9 Å². The van der Waals surface area contributed by atoms with E-state index in [0.29, 0.717) is 18.4 Å². The van der Waals surface area contributed by atoms with Gasteiger partial charge in [-0.3, -0.25) is 4.57 Å². The Balaban J connectivity index is 1.79. The molecule has 0 bridgehead atoms. The number of thiophene rings is 1. The molecule has 7 nitrogen and oxygen atoms in total. The monoisotopic (exact) mass is 301 g/mol. The fourth-order valence-corrected chi connectivity index (χ4v) is 2.86. The summed E-state index contributed by atoms with van der Waals surface area (Å²) >= 11 is 1.72. The predicted molar refractivity (Wildman–Crippen MR) is 82.4 cm³/mol. The third kappa shape index (κ3) is 3.00. The molecule has 3 aromatic heterocycles. The first-order valence-corrected chi connectivity index (χ1v) is 7.43. The maximum absolute atomic E-state index is 5.74. The molecule has 8 heteroatoms. The molecule has 3 rings (SSSR count). The second-order valence-corrected chi connectivity index (χ2v) is 5.36. The van der Waals surface area contributed by atoms with Gasteiger partial charge in [0, 0.05) is 17.3 Å². The van der Waals surface area contributed by atoms with Gasteiger partial charge in [0.15, 0.2) is 0 Å². The number of aryl methyl sites for hydroxylation is 1. The highest BCUT2D eigenvalue weighted by atomic mass is 32.1. The maximum atomic E-state index is 5.74. The lowest BCUT2D eigenvalue weighted by Gasteiger charge is -2.07. The molecule has 108 valence electrons. The van der Waals surface area contributed by atoms with E-state index in [-0.39, 0.29) is 5.95 Å². The van der Waals surface area contributed by atoms with E-state index in [1.54, 1.807) is 34.6 Å². The highest BCUT2D eigenvalue weighted by Gasteiger charge is 2.07. The van der Waals surface area contributed by atoms with Crippen LogP contribution >= 0.6 is 11.3 Å². The summed E-state index contributed by atoms with van der Waals surface area (Å²) < 4.78 is 1.69. The summed E-state index contributed by atoms with van der Waals surface area (Å²) in [6.45, 7) is 2.82. The summed E-state index contributed by atoms with van der Waals surface area (Å²) in [6, 6.07) is 2.14. The van der Waals surface area contributed by atoms with Gasteiger partial charge in [-0.1, -0.05) is 6.92 Å². The van der Waals surface area contributed by atoms with E-state index in [2.05, 4.69) is 43.6 Å². The Morgan fingerprint density at radius 2 is 2.24 bits per heavy atom. The molecule has 0 amide bonds. The lowest BCUT2D eigenvalue weighted by Crippen LogP contribution is -2.10. The van der Waals surface area contributed by atoms with E-state index >= 15 is 0 Å². The van der Waals surface area contributed by atoms with Crippen molar-refractivity contribution in [1.82, 2.24) is 24.5 Å². The number of aromatic nitrogens is 5. The lowest BCUT2D eigenvalue weighted by atomic mass is 10.2. The van der Waals surface area contributed by atoms with Crippen molar-refractivity contribution in [2.75, 3.05) is 11.1 Å². The molecule has 0 saturated heterocycles. The Hall–Kier alpha value is -2.48. The quantitative estimate of drug-likeness (QED) is 0.747. The number of hydrogen-bond acceptors (Lipinski definition) is 7. The predicted octanol–water partition coefficient (Wildman–Crippen LogP) is 1.88. The van der Waals surface area contributed by atoms with Crippen LogP contribution in [0, 0.1) is 0 Å². The van der Waals surface area contributed by atoms with Gasteiger partial charge in [0.25, 0.3) is 0 Å². The topological polar surface area (TPSA) is 94.5 Å². The molecular formula is C13H15N7S. The van der Waals surface area contributed by atoms with Crippen molar-refractivity contribution in [1.29, 1.82) is 0 Å². The summed E-state index contributed by atoms with van der Waals surface area (Å²) in [5, 5.41) is 5.29. The number of nitrogen functional groups attached to an aromatic ring is 1. The minimum absolute atomic E-state index is 0.179. The van der Waals surface area contributed by atoms with Crippen LogP contribution < -0.4 is 11.1 Å². The van der Waals surface area contributed by atoms with Gasteiger partial charge in [-0.05, 0) is 23.4 Å². The van der Waals surface area contributed by atoms with Gasteiger partial charge < -0.3 is 11.1 Å². The van der Waals surface area contributed by atoms with Crippen molar-refractivity contribution in [3.05, 3.63) is 40.6 Å². The van der Waals surface area contributed by atoms with Crippen molar-refractivity contribution >= 4 is 23.2 Å². The minimum atomic E-state index is 0.179. The number of anilines is 2. The molecule has 21 heavy (non-hydrogen) atoms. The zero-order valence-electron chi connectivity index (χ0n) is 11.5. The van der Waals surface area contributed by atoms with Crippen LogP contribution in [0.3, 0.4) is 0 Å². The highest BCUT2D eigenvalue weighted by molar-refractivity contribution is 7.10. The molecule has 0 fully saturated rings. The Morgan fingerprint density at radius 3 is 3.00 bits per heavy atom. The Morgan fingerprint density at radius 1 is 1.33 bits per heavy atom. The molecule has 3 aromatic rings. The lowest BCUT2D eigenvalue weighted by molar-refractivity contribution is 0.895. The van der Waals surface area contributed by atoms with Crippen molar-refractivity contribution in [3.8, 4) is 5.95 Å². The van der Waals surface area contributed by atoms with Crippen LogP contribution in [0.25, 0.3) is 5.95 Å². The zero-order valence-corrected chi connectivity index (χ0v) is 12.3. The van der Waals surface area contributed by atoms with Crippen molar-refractivity contribution < 1.29 is 0 Å². The minimum Gasteiger partial charge on any atom is -0.368 e. The molecule has 0 aliphatic carbocycles. The maximum Gasteiger partial charge on any atom is 0.241 e. The van der Waals surface area contributed by atoms with Gasteiger partial charge in [-0.25, -0.2) is 4.98 Å². The fraction of sp³-hybridized carbons (Fsp3) is 0.231. The van der Waals surface area contributed by atoms with E-state index in [4.69, 9.17) is 5.73 Å². The van der Waals surface area contributed by atoms with E-state index in [9.17, 15) is 0 Å². The fourth-order valence-electron chi connectivity index (χ4n) is 1.95. The molecule has 3 heterocycles. The third-order valence-electron chi connectivity index (χ3n) is 3.00. The molecule has 0 atom stereocenters. The van der Waals surface area contributed by atoms with Crippen molar-refractivity contribution in [2.45, 2.75) is 19.9 Å². The van der Waals surface area contributed by atoms with Gasteiger partial charge in [0.2, 0.25) is 17.8 Å². The van der Waals surface area contributed by atoms with Crippen LogP contribution in [0.2, 0.25) is 0 Å². The van der Waals surface area contributed by atoms with Gasteiger partial charge in [0.1, 0.15) is 6.33 Å². The second-order valence-electron chi connectivity index (χ2n) is 4.36. The van der Waals surface area contributed by atoms with Crippen LogP contribution in [0.1, 0.15) is 17.4 Å². The average Bonchev–Trinajstić information content (AvgIpc) is 3.15. The number of nitrogens with zero attached hydrogens (tertiary/aromatic N) is 5. The number of rotatable bonds is 5. The van der Waals surface area contributed by atoms with Crippen LogP contribution in [-0.4, -0.2) is 24.5 Å². The molecule has 0 radical (unpaired) electrons. The standard InChI is InChI=1S/C13H15N7S/c1-2-9-3-6-21-10(9)7-16-12-17-11(14)18-13(19-12)20-5-4-15-8-20/h3-6,8H,2,7H2,1H3,(H3,14,16,17,18,19). The largest absolute Gasteiger partial charge is 0.368 e. The molecule has 0 spiro atoms. The SMILES string of the molecule is CCc1ccsc1CNc1nc(N)nc(-n2ccnc2)n1. The summed E-state index contributed by atoms with van der Waals surface area (Å²) in [7, 11) is 0. The molecule has 0 aliphatic rings. The first-order chi connectivity index (χ1) is 10.3. The van der Waals surface area contributed by atoms with Crippen LogP contribution in [-0.2, 0) is 13.0 Å². The first-order valence-electron chi connectivity index (χ1n) is 6.55. The number of hydrogen-bond donors (Lipinski definition) is 2.